The van der Waals surface area contributed by atoms with Gasteiger partial charge in [-0.15, -0.1) is 0 Å². The fourth-order valence-electron chi connectivity index (χ4n) is 3.90. The van der Waals surface area contributed by atoms with Crippen LogP contribution in [0.25, 0.3) is 0 Å². The molecule has 1 fully saturated rings. The van der Waals surface area contributed by atoms with Gasteiger partial charge >= 0.3 is 18.2 Å². The molecule has 2 amide bonds. The first-order valence-corrected chi connectivity index (χ1v) is 13.1. The molecule has 0 radical (unpaired) electrons. The molecule has 0 saturated heterocycles. The Balaban J connectivity index is 1.63. The third-order valence-electron chi connectivity index (χ3n) is 5.67. The second-order valence-electron chi connectivity index (χ2n) is 8.23. The van der Waals surface area contributed by atoms with Crippen LogP contribution in [0.1, 0.15) is 52.1 Å². The number of amides is 2. The van der Waals surface area contributed by atoms with Gasteiger partial charge in [0.2, 0.25) is 0 Å². The predicted octanol–water partition coefficient (Wildman–Crippen LogP) is 3.23. The number of urea groups is 1. The van der Waals surface area contributed by atoms with Gasteiger partial charge in [-0.2, -0.15) is 13.2 Å². The molecule has 13 nitrogen and oxygen atoms in total. The molecule has 4 rings (SSSR count). The van der Waals surface area contributed by atoms with E-state index >= 15 is 0 Å². The Bertz CT molecular complexity index is 1530. The number of carbonyl (C=O) groups excluding carboxylic acids is 2. The molecule has 1 aromatic carbocycles. The van der Waals surface area contributed by atoms with Gasteiger partial charge in [-0.25, -0.2) is 27.7 Å². The highest BCUT2D eigenvalue weighted by Gasteiger charge is 2.35. The van der Waals surface area contributed by atoms with Crippen LogP contribution in [-0.4, -0.2) is 56.5 Å². The van der Waals surface area contributed by atoms with Gasteiger partial charge in [0.25, 0.3) is 15.0 Å². The number of carbonyl (C=O) groups is 3. The van der Waals surface area contributed by atoms with Crippen LogP contribution in [0.2, 0.25) is 0 Å². The van der Waals surface area contributed by atoms with Gasteiger partial charge in [-0.1, -0.05) is 29.3 Å². The molecule has 1 saturated carbocycles. The number of Topliss-reactive ketones (excluding diaryl/α,β-unsaturated/α-hetero) is 1. The van der Waals surface area contributed by atoms with E-state index in [4.69, 9.17) is 0 Å². The van der Waals surface area contributed by atoms with E-state index in [1.165, 1.54) is 7.05 Å². The fourth-order valence-corrected chi connectivity index (χ4v) is 6.57. The van der Waals surface area contributed by atoms with Crippen molar-refractivity contribution in [3.63, 3.8) is 0 Å². The minimum absolute atomic E-state index is 0.208. The monoisotopic (exact) mass is 573 g/mol. The lowest BCUT2D eigenvalue weighted by Crippen LogP contribution is -2.23. The molecule has 1 aliphatic rings. The highest BCUT2D eigenvalue weighted by molar-refractivity contribution is 7.93. The summed E-state index contributed by atoms with van der Waals surface area (Å²) in [6, 6.07) is 1.21. The Hall–Kier alpha value is -3.93. The van der Waals surface area contributed by atoms with Crippen LogP contribution in [0.15, 0.2) is 27.6 Å². The highest BCUT2D eigenvalue weighted by Crippen LogP contribution is 2.36. The van der Waals surface area contributed by atoms with Crippen LogP contribution < -0.4 is 10.6 Å². The van der Waals surface area contributed by atoms with Crippen LogP contribution in [-0.2, 0) is 23.1 Å². The van der Waals surface area contributed by atoms with Crippen molar-refractivity contribution in [3.8, 4) is 0 Å². The Morgan fingerprint density at radius 1 is 1.16 bits per heavy atom. The predicted molar refractivity (Wildman–Crippen MR) is 124 cm³/mol. The van der Waals surface area contributed by atoms with Gasteiger partial charge in [0, 0.05) is 18.5 Å². The summed E-state index contributed by atoms with van der Waals surface area (Å²) in [5.74, 6) is -2.74. The number of nitrogens with zero attached hydrogens (tertiary/aromatic N) is 5. The number of aromatic carboxylic acids is 1. The van der Waals surface area contributed by atoms with Crippen molar-refractivity contribution >= 4 is 49.8 Å². The molecule has 0 bridgehead atoms. The largest absolute Gasteiger partial charge is 0.476 e. The summed E-state index contributed by atoms with van der Waals surface area (Å²) in [6.45, 7) is 0. The first-order chi connectivity index (χ1) is 17.8. The summed E-state index contributed by atoms with van der Waals surface area (Å²) in [6.07, 6.45) is -2.19. The van der Waals surface area contributed by atoms with E-state index in [-0.39, 0.29) is 11.3 Å². The highest BCUT2D eigenvalue weighted by atomic mass is 32.2. The number of ketones is 1. The van der Waals surface area contributed by atoms with Gasteiger partial charge in [0.15, 0.2) is 20.8 Å². The first-order valence-electron chi connectivity index (χ1n) is 10.8. The van der Waals surface area contributed by atoms with Crippen molar-refractivity contribution < 1.29 is 41.1 Å². The van der Waals surface area contributed by atoms with E-state index in [2.05, 4.69) is 31.1 Å². The first kappa shape index (κ1) is 27.1. The van der Waals surface area contributed by atoms with Gasteiger partial charge in [0.05, 0.1) is 11.3 Å². The lowest BCUT2D eigenvalue weighted by atomic mass is 9.93. The molecular formula is C20H18F3N7O6S2. The van der Waals surface area contributed by atoms with Gasteiger partial charge < -0.3 is 10.4 Å². The molecule has 2 aromatic heterocycles. The number of rotatable bonds is 7. The maximum atomic E-state index is 13.3. The summed E-state index contributed by atoms with van der Waals surface area (Å²) in [5.41, 5.74) is -2.51. The molecule has 3 N–H and O–H groups in total. The van der Waals surface area contributed by atoms with Crippen molar-refractivity contribution in [2.45, 2.75) is 41.2 Å². The molecular weight excluding hydrogens is 555 g/mol. The van der Waals surface area contributed by atoms with Crippen LogP contribution >= 0.6 is 11.3 Å². The topological polar surface area (TPSA) is 186 Å². The molecule has 18 heteroatoms. The molecule has 1 aliphatic carbocycles. The van der Waals surface area contributed by atoms with Gasteiger partial charge in [0.1, 0.15) is 0 Å². The van der Waals surface area contributed by atoms with Crippen LogP contribution in [0.4, 0.5) is 28.8 Å². The van der Waals surface area contributed by atoms with Crippen molar-refractivity contribution in [1.82, 2.24) is 25.2 Å². The lowest BCUT2D eigenvalue weighted by molar-refractivity contribution is -0.137. The second kappa shape index (κ2) is 10.1. The summed E-state index contributed by atoms with van der Waals surface area (Å²) in [7, 11) is -3.33. The van der Waals surface area contributed by atoms with Crippen LogP contribution in [0.3, 0.4) is 0 Å². The Kier molecular flexibility index (Phi) is 7.20. The minimum Gasteiger partial charge on any atom is -0.476 e. The number of halogens is 3. The number of sulfone groups is 1. The van der Waals surface area contributed by atoms with Gasteiger partial charge in [-0.05, 0) is 41.5 Å². The number of anilines is 2. The average molecular weight is 574 g/mol. The number of benzene rings is 1. The van der Waals surface area contributed by atoms with Crippen molar-refractivity contribution in [3.05, 3.63) is 35.0 Å². The van der Waals surface area contributed by atoms with E-state index in [9.17, 15) is 41.1 Å². The molecule has 3 aromatic rings. The summed E-state index contributed by atoms with van der Waals surface area (Å²) >= 11 is 0.301. The van der Waals surface area contributed by atoms with E-state index in [1.54, 1.807) is 0 Å². The fraction of sp³-hybridized carbons (Fsp3) is 0.350. The summed E-state index contributed by atoms with van der Waals surface area (Å²) < 4.78 is 65.7. The normalized spacial score (nSPS) is 14.4. The zero-order valence-electron chi connectivity index (χ0n) is 19.3. The third kappa shape index (κ3) is 5.35. The Morgan fingerprint density at radius 3 is 2.42 bits per heavy atom. The SMILES string of the molecule is Cn1nnnc1S(=O)(=O)c1sc(NC(=O)Nc2ccc(C(F)(F)F)cc2C(=O)C2CCCC2)nc1C(=O)O. The lowest BCUT2D eigenvalue weighted by Gasteiger charge is -2.16. The number of hydrogen-bond donors (Lipinski definition) is 3. The standard InChI is InChI=1S/C20H18F3N7O6S2/c1-30-19(27-28-29-30)38(35,36)16-13(15(32)33)25-18(37-16)26-17(34)24-12-7-6-10(20(21,22)23)8-11(12)14(31)9-4-2-3-5-9/h6-9H,2-5H2,1H3,(H,32,33)(H2,24,25,26,34). The van der Waals surface area contributed by atoms with Crippen molar-refractivity contribution in [2.24, 2.45) is 13.0 Å². The van der Waals surface area contributed by atoms with Crippen LogP contribution in [0.5, 0.6) is 0 Å². The smallest absolute Gasteiger partial charge is 0.416 e. The number of aromatic nitrogens is 5. The quantitative estimate of drug-likeness (QED) is 0.354. The third-order valence-corrected chi connectivity index (χ3v) is 8.85. The zero-order valence-corrected chi connectivity index (χ0v) is 20.9. The molecule has 202 valence electrons. The minimum atomic E-state index is -4.72. The number of aryl methyl sites for hydroxylation is 1. The van der Waals surface area contributed by atoms with Crippen LogP contribution in [0, 0.1) is 5.92 Å². The van der Waals surface area contributed by atoms with E-state index in [0.717, 1.165) is 23.6 Å². The van der Waals surface area contributed by atoms with Crippen molar-refractivity contribution in [1.29, 1.82) is 0 Å². The molecule has 38 heavy (non-hydrogen) atoms. The van der Waals surface area contributed by atoms with E-state index in [0.29, 0.717) is 36.3 Å². The molecule has 0 atom stereocenters. The molecule has 2 heterocycles. The summed E-state index contributed by atoms with van der Waals surface area (Å²) in [4.78, 5) is 40.9. The Morgan fingerprint density at radius 2 is 1.84 bits per heavy atom. The van der Waals surface area contributed by atoms with Gasteiger partial charge in [-0.3, -0.25) is 10.1 Å². The zero-order chi connectivity index (χ0) is 27.8. The van der Waals surface area contributed by atoms with E-state index < -0.39 is 65.5 Å². The molecule has 0 unspecified atom stereocenters. The molecule has 0 spiro atoms. The second-order valence-corrected chi connectivity index (χ2v) is 11.3. The Labute approximate surface area is 216 Å². The van der Waals surface area contributed by atoms with E-state index in [1.807, 2.05) is 0 Å². The number of thiazole rings is 1. The number of nitrogens with one attached hydrogen (secondary N) is 2. The number of carboxylic acids is 1. The number of carboxylic acid groups (broad SMARTS) is 1. The number of hydrogen-bond acceptors (Lipinski definition) is 10. The average Bonchev–Trinajstić information content (AvgIpc) is 3.59. The van der Waals surface area contributed by atoms with Crippen molar-refractivity contribution in [2.75, 3.05) is 10.6 Å². The summed E-state index contributed by atoms with van der Waals surface area (Å²) in [5, 5.41) is 22.7. The maximum Gasteiger partial charge on any atom is 0.416 e. The number of tetrazole rings is 1. The number of alkyl halides is 3. The maximum absolute atomic E-state index is 13.3. The molecule has 0 aliphatic heterocycles.